The van der Waals surface area contributed by atoms with Crippen LogP contribution in [0.4, 0.5) is 10.5 Å². The minimum absolute atomic E-state index is 0.478. The molecule has 1 aromatic heterocycles. The van der Waals surface area contributed by atoms with Gasteiger partial charge in [0.25, 0.3) is 0 Å². The SMILES string of the molecule is COC(=O)Nc1ccc(OCc2cccnc2SC2CCCCC2)cc1C. The molecule has 0 bridgehead atoms. The van der Waals surface area contributed by atoms with Crippen LogP contribution in [0.25, 0.3) is 0 Å². The predicted molar refractivity (Wildman–Crippen MR) is 109 cm³/mol. The summed E-state index contributed by atoms with van der Waals surface area (Å²) in [5.74, 6) is 0.764. The number of thioether (sulfide) groups is 1. The standard InChI is InChI=1S/C21H26N2O3S/c1-15-13-17(10-11-19(15)23-21(24)25-2)26-14-16-7-6-12-22-20(16)27-18-8-4-3-5-9-18/h6-7,10-13,18H,3-5,8-9,14H2,1-2H3,(H,23,24). The first kappa shape index (κ1) is 19.5. The van der Waals surface area contributed by atoms with E-state index < -0.39 is 6.09 Å². The van der Waals surface area contributed by atoms with Gasteiger partial charge in [0.05, 0.1) is 7.11 Å². The van der Waals surface area contributed by atoms with E-state index in [2.05, 4.69) is 21.1 Å². The molecule has 0 saturated heterocycles. The molecular weight excluding hydrogens is 360 g/mol. The van der Waals surface area contributed by atoms with E-state index in [1.165, 1.54) is 39.2 Å². The number of aryl methyl sites for hydroxylation is 1. The van der Waals surface area contributed by atoms with Crippen molar-refractivity contribution in [3.63, 3.8) is 0 Å². The molecule has 3 rings (SSSR count). The highest BCUT2D eigenvalue weighted by Crippen LogP contribution is 2.34. The molecule has 0 spiro atoms. The van der Waals surface area contributed by atoms with E-state index in [1.807, 2.05) is 49.1 Å². The van der Waals surface area contributed by atoms with Crippen molar-refractivity contribution in [2.45, 2.75) is 55.9 Å². The molecule has 27 heavy (non-hydrogen) atoms. The molecule has 0 atom stereocenters. The number of pyridine rings is 1. The zero-order chi connectivity index (χ0) is 19.1. The van der Waals surface area contributed by atoms with Gasteiger partial charge in [-0.15, -0.1) is 11.8 Å². The molecule has 1 aliphatic rings. The highest BCUT2D eigenvalue weighted by Gasteiger charge is 2.17. The highest BCUT2D eigenvalue weighted by atomic mass is 32.2. The molecule has 2 aromatic rings. The Labute approximate surface area is 164 Å². The van der Waals surface area contributed by atoms with Crippen LogP contribution in [0.2, 0.25) is 0 Å². The van der Waals surface area contributed by atoms with Gasteiger partial charge in [-0.2, -0.15) is 0 Å². The maximum atomic E-state index is 11.4. The normalized spacial score (nSPS) is 14.6. The number of rotatable bonds is 6. The Balaban J connectivity index is 1.63. The Kier molecular flexibility index (Phi) is 6.98. The van der Waals surface area contributed by atoms with Crippen LogP contribution in [-0.2, 0) is 11.3 Å². The summed E-state index contributed by atoms with van der Waals surface area (Å²) in [5, 5.41) is 4.42. The van der Waals surface area contributed by atoms with Gasteiger partial charge in [0.15, 0.2) is 0 Å². The predicted octanol–water partition coefficient (Wildman–Crippen LogP) is 5.57. The van der Waals surface area contributed by atoms with Crippen molar-refractivity contribution in [2.24, 2.45) is 0 Å². The van der Waals surface area contributed by atoms with Crippen molar-refractivity contribution >= 4 is 23.5 Å². The molecule has 0 unspecified atom stereocenters. The maximum Gasteiger partial charge on any atom is 0.411 e. The van der Waals surface area contributed by atoms with Crippen molar-refractivity contribution in [3.05, 3.63) is 47.7 Å². The van der Waals surface area contributed by atoms with Crippen molar-refractivity contribution in [1.29, 1.82) is 0 Å². The number of carbonyl (C=O) groups excluding carboxylic acids is 1. The fraction of sp³-hybridized carbons (Fsp3) is 0.429. The maximum absolute atomic E-state index is 11.4. The lowest BCUT2D eigenvalue weighted by atomic mass is 10.0. The Morgan fingerprint density at radius 3 is 2.81 bits per heavy atom. The molecule has 6 heteroatoms. The van der Waals surface area contributed by atoms with Gasteiger partial charge in [-0.25, -0.2) is 9.78 Å². The summed E-state index contributed by atoms with van der Waals surface area (Å²) in [6.45, 7) is 2.40. The molecule has 1 N–H and O–H groups in total. The summed E-state index contributed by atoms with van der Waals surface area (Å²) in [5.41, 5.74) is 2.74. The first-order chi connectivity index (χ1) is 13.2. The van der Waals surface area contributed by atoms with Gasteiger partial charge in [-0.05, 0) is 49.6 Å². The molecule has 1 amide bonds. The lowest BCUT2D eigenvalue weighted by Gasteiger charge is -2.21. The molecule has 0 radical (unpaired) electrons. The van der Waals surface area contributed by atoms with E-state index in [0.717, 1.165) is 21.9 Å². The smallest absolute Gasteiger partial charge is 0.411 e. The number of nitrogens with zero attached hydrogens (tertiary/aromatic N) is 1. The summed E-state index contributed by atoms with van der Waals surface area (Å²) in [6.07, 6.45) is 7.92. The number of nitrogens with one attached hydrogen (secondary N) is 1. The Morgan fingerprint density at radius 2 is 2.07 bits per heavy atom. The zero-order valence-corrected chi connectivity index (χ0v) is 16.7. The monoisotopic (exact) mass is 386 g/mol. The molecule has 1 heterocycles. The molecular formula is C21H26N2O3S. The second-order valence-electron chi connectivity index (χ2n) is 6.73. The van der Waals surface area contributed by atoms with Gasteiger partial charge >= 0.3 is 6.09 Å². The third kappa shape index (κ3) is 5.63. The fourth-order valence-electron chi connectivity index (χ4n) is 3.17. The van der Waals surface area contributed by atoms with Crippen LogP contribution in [0.15, 0.2) is 41.6 Å². The topological polar surface area (TPSA) is 60.5 Å². The lowest BCUT2D eigenvalue weighted by Crippen LogP contribution is -2.12. The van der Waals surface area contributed by atoms with Crippen molar-refractivity contribution in [1.82, 2.24) is 4.98 Å². The number of benzene rings is 1. The van der Waals surface area contributed by atoms with Gasteiger partial charge in [-0.3, -0.25) is 5.32 Å². The van der Waals surface area contributed by atoms with E-state index in [9.17, 15) is 4.79 Å². The third-order valence-electron chi connectivity index (χ3n) is 4.69. The zero-order valence-electron chi connectivity index (χ0n) is 15.9. The minimum Gasteiger partial charge on any atom is -0.489 e. The molecule has 0 aliphatic heterocycles. The Bertz CT molecular complexity index is 776. The number of hydrogen-bond donors (Lipinski definition) is 1. The van der Waals surface area contributed by atoms with Crippen LogP contribution in [0.1, 0.15) is 43.2 Å². The van der Waals surface area contributed by atoms with Crippen LogP contribution in [-0.4, -0.2) is 23.4 Å². The van der Waals surface area contributed by atoms with E-state index in [4.69, 9.17) is 4.74 Å². The number of anilines is 1. The molecule has 1 saturated carbocycles. The number of amides is 1. The fourth-order valence-corrected chi connectivity index (χ4v) is 4.45. The van der Waals surface area contributed by atoms with Crippen LogP contribution < -0.4 is 10.1 Å². The summed E-state index contributed by atoms with van der Waals surface area (Å²) in [4.78, 5) is 15.9. The highest BCUT2D eigenvalue weighted by molar-refractivity contribution is 7.99. The first-order valence-corrected chi connectivity index (χ1v) is 10.2. The third-order valence-corrected chi connectivity index (χ3v) is 6.09. The van der Waals surface area contributed by atoms with Gasteiger partial charge in [0.1, 0.15) is 17.4 Å². The number of methoxy groups -OCH3 is 1. The summed E-state index contributed by atoms with van der Waals surface area (Å²) >= 11 is 1.89. The van der Waals surface area contributed by atoms with Crippen molar-refractivity contribution in [2.75, 3.05) is 12.4 Å². The number of carbonyl (C=O) groups is 1. The van der Waals surface area contributed by atoms with E-state index in [-0.39, 0.29) is 0 Å². The molecule has 1 fully saturated rings. The van der Waals surface area contributed by atoms with Gasteiger partial charge in [-0.1, -0.05) is 25.3 Å². The number of ether oxygens (including phenoxy) is 2. The van der Waals surface area contributed by atoms with E-state index in [1.54, 1.807) is 0 Å². The molecule has 1 aromatic carbocycles. The summed E-state index contributed by atoms with van der Waals surface area (Å²) < 4.78 is 10.6. The minimum atomic E-state index is -0.480. The van der Waals surface area contributed by atoms with E-state index >= 15 is 0 Å². The van der Waals surface area contributed by atoms with Crippen LogP contribution in [0.5, 0.6) is 5.75 Å². The summed E-state index contributed by atoms with van der Waals surface area (Å²) in [6, 6.07) is 9.62. The number of hydrogen-bond acceptors (Lipinski definition) is 5. The second-order valence-corrected chi connectivity index (χ2v) is 8.02. The summed E-state index contributed by atoms with van der Waals surface area (Å²) in [7, 11) is 1.35. The largest absolute Gasteiger partial charge is 0.489 e. The van der Waals surface area contributed by atoms with Gasteiger partial charge < -0.3 is 9.47 Å². The van der Waals surface area contributed by atoms with Crippen LogP contribution in [0.3, 0.4) is 0 Å². The van der Waals surface area contributed by atoms with Gasteiger partial charge in [0, 0.05) is 22.7 Å². The lowest BCUT2D eigenvalue weighted by molar-refractivity contribution is 0.187. The average molecular weight is 387 g/mol. The van der Waals surface area contributed by atoms with Crippen molar-refractivity contribution < 1.29 is 14.3 Å². The molecule has 144 valence electrons. The van der Waals surface area contributed by atoms with Crippen LogP contribution in [0, 0.1) is 6.92 Å². The first-order valence-electron chi connectivity index (χ1n) is 9.34. The Morgan fingerprint density at radius 1 is 1.26 bits per heavy atom. The molecule has 5 nitrogen and oxygen atoms in total. The van der Waals surface area contributed by atoms with Gasteiger partial charge in [0.2, 0.25) is 0 Å². The van der Waals surface area contributed by atoms with Crippen molar-refractivity contribution in [3.8, 4) is 5.75 Å². The average Bonchev–Trinajstić information content (AvgIpc) is 2.70. The molecule has 1 aliphatic carbocycles. The quantitative estimate of drug-likeness (QED) is 0.703. The Hall–Kier alpha value is -2.21. The second kappa shape index (κ2) is 9.65. The van der Waals surface area contributed by atoms with E-state index in [0.29, 0.717) is 17.5 Å². The van der Waals surface area contributed by atoms with Crippen LogP contribution >= 0.6 is 11.8 Å². The number of aromatic nitrogens is 1.